The first-order valence-electron chi connectivity index (χ1n) is 16.0. The fourth-order valence-corrected chi connectivity index (χ4v) is 6.41. The van der Waals surface area contributed by atoms with Crippen molar-refractivity contribution in [2.75, 3.05) is 0 Å². The van der Waals surface area contributed by atoms with Gasteiger partial charge in [0.15, 0.2) is 0 Å². The van der Waals surface area contributed by atoms with E-state index in [2.05, 4.69) is 97.1 Å². The number of rotatable bonds is 7. The minimum Gasteiger partial charge on any atom is -0.488 e. The Kier molecular flexibility index (Phi) is 8.05. The molecule has 0 atom stereocenters. The summed E-state index contributed by atoms with van der Waals surface area (Å²) in [7, 11) is 0. The first kappa shape index (κ1) is 30.0. The molecule has 0 aromatic heterocycles. The van der Waals surface area contributed by atoms with Crippen LogP contribution in [0.15, 0.2) is 152 Å². The van der Waals surface area contributed by atoms with E-state index in [1.165, 1.54) is 16.3 Å². The van der Waals surface area contributed by atoms with Gasteiger partial charge in [-0.25, -0.2) is 0 Å². The molecule has 7 rings (SSSR count). The molecule has 0 saturated heterocycles. The van der Waals surface area contributed by atoms with Gasteiger partial charge in [-0.1, -0.05) is 133 Å². The Morgan fingerprint density at radius 1 is 0.532 bits per heavy atom. The molecule has 0 aliphatic rings. The van der Waals surface area contributed by atoms with E-state index in [-0.39, 0.29) is 18.0 Å². The molecule has 230 valence electrons. The predicted molar refractivity (Wildman–Crippen MR) is 194 cm³/mol. The quantitative estimate of drug-likeness (QED) is 0.102. The average Bonchev–Trinajstić information content (AvgIpc) is 3.08. The largest absolute Gasteiger partial charge is 0.488 e. The summed E-state index contributed by atoms with van der Waals surface area (Å²) >= 11 is 0. The van der Waals surface area contributed by atoms with Crippen LogP contribution in [0.1, 0.15) is 26.3 Å². The lowest BCUT2D eigenvalue weighted by Crippen LogP contribution is -2.22. The first-order chi connectivity index (χ1) is 22.9. The maximum Gasteiger partial charge on any atom is 0.315 e. The van der Waals surface area contributed by atoms with Gasteiger partial charge >= 0.3 is 5.97 Å². The molecule has 3 nitrogen and oxygen atoms in total. The maximum absolute atomic E-state index is 13.4. The van der Waals surface area contributed by atoms with Crippen LogP contribution >= 0.6 is 0 Å². The van der Waals surface area contributed by atoms with Gasteiger partial charge in [0.05, 0.1) is 6.42 Å². The number of para-hydroxylation sites is 1. The average molecular weight is 613 g/mol. The second-order valence-corrected chi connectivity index (χ2v) is 12.8. The van der Waals surface area contributed by atoms with Gasteiger partial charge in [0, 0.05) is 5.56 Å². The molecular weight excluding hydrogens is 576 g/mol. The van der Waals surface area contributed by atoms with E-state index in [1.807, 2.05) is 75.4 Å². The van der Waals surface area contributed by atoms with Gasteiger partial charge in [-0.3, -0.25) is 4.79 Å². The van der Waals surface area contributed by atoms with Crippen LogP contribution in [0.5, 0.6) is 11.5 Å². The van der Waals surface area contributed by atoms with E-state index in [9.17, 15) is 4.79 Å². The number of benzene rings is 7. The lowest BCUT2D eigenvalue weighted by molar-refractivity contribution is -0.133. The lowest BCUT2D eigenvalue weighted by Gasteiger charge is -2.21. The highest BCUT2D eigenvalue weighted by Gasteiger charge is 2.21. The van der Waals surface area contributed by atoms with Crippen molar-refractivity contribution in [3.05, 3.63) is 157 Å². The summed E-state index contributed by atoms with van der Waals surface area (Å²) in [6, 6.07) is 51.7. The zero-order valence-corrected chi connectivity index (χ0v) is 26.9. The van der Waals surface area contributed by atoms with Gasteiger partial charge in [0.25, 0.3) is 0 Å². The third-order valence-electron chi connectivity index (χ3n) is 8.27. The Hall–Kier alpha value is -5.67. The highest BCUT2D eigenvalue weighted by atomic mass is 16.5. The molecule has 47 heavy (non-hydrogen) atoms. The second-order valence-electron chi connectivity index (χ2n) is 12.8. The van der Waals surface area contributed by atoms with Crippen LogP contribution in [0.2, 0.25) is 0 Å². The molecule has 7 aromatic rings. The summed E-state index contributed by atoms with van der Waals surface area (Å²) in [5.41, 5.74) is 7.09. The topological polar surface area (TPSA) is 35.5 Å². The molecule has 3 heteroatoms. The Labute approximate surface area is 276 Å². The molecule has 0 radical (unpaired) electrons. The minimum absolute atomic E-state index is 0.151. The minimum atomic E-state index is -0.319. The summed E-state index contributed by atoms with van der Waals surface area (Å²) < 4.78 is 12.1. The smallest absolute Gasteiger partial charge is 0.315 e. The molecule has 0 N–H and O–H groups in total. The SMILES string of the molecule is CC(C)(C)Oc1ccc(CC(=O)Oc2ccccc2-c2cccc3c(-c4ccccc4)c4ccccc4c(-c4ccccc4)c23)cc1. The molecular formula is C44H36O3. The van der Waals surface area contributed by atoms with Crippen molar-refractivity contribution < 1.29 is 14.3 Å². The highest BCUT2D eigenvalue weighted by molar-refractivity contribution is 6.24. The molecule has 0 saturated carbocycles. The third kappa shape index (κ3) is 6.25. The zero-order valence-electron chi connectivity index (χ0n) is 26.9. The molecule has 0 fully saturated rings. The van der Waals surface area contributed by atoms with Crippen molar-refractivity contribution >= 4 is 27.5 Å². The van der Waals surface area contributed by atoms with Gasteiger partial charge in [0.2, 0.25) is 0 Å². The molecule has 0 bridgehead atoms. The molecule has 0 aliphatic heterocycles. The van der Waals surface area contributed by atoms with Crippen LogP contribution in [0.3, 0.4) is 0 Å². The Balaban J connectivity index is 1.37. The molecule has 0 unspecified atom stereocenters. The standard InChI is InChI=1S/C44H36O3/c1-44(2,3)47-33-27-25-30(26-28-33)29-40(45)46-39-24-13-12-19-34(39)35-22-14-23-38-41(31-15-6-4-7-16-31)36-20-10-11-21-37(36)42(43(35)38)32-17-8-5-9-18-32/h4-28H,29H2,1-3H3. The number of hydrogen-bond donors (Lipinski definition) is 0. The first-order valence-corrected chi connectivity index (χ1v) is 16.0. The molecule has 0 heterocycles. The number of ether oxygens (including phenoxy) is 2. The fraction of sp³-hybridized carbons (Fsp3) is 0.114. The summed E-state index contributed by atoms with van der Waals surface area (Å²) in [5.74, 6) is 0.986. The van der Waals surface area contributed by atoms with E-state index in [0.29, 0.717) is 5.75 Å². The summed E-state index contributed by atoms with van der Waals surface area (Å²) in [5, 5.41) is 4.63. The van der Waals surface area contributed by atoms with Crippen molar-refractivity contribution in [3.8, 4) is 44.9 Å². The van der Waals surface area contributed by atoms with E-state index in [1.54, 1.807) is 0 Å². The highest BCUT2D eigenvalue weighted by Crippen LogP contribution is 2.48. The van der Waals surface area contributed by atoms with Crippen molar-refractivity contribution in [3.63, 3.8) is 0 Å². The van der Waals surface area contributed by atoms with E-state index in [0.717, 1.165) is 49.9 Å². The van der Waals surface area contributed by atoms with Crippen LogP contribution in [-0.4, -0.2) is 11.6 Å². The Morgan fingerprint density at radius 3 is 1.72 bits per heavy atom. The summed E-state index contributed by atoms with van der Waals surface area (Å²) in [6.07, 6.45) is 0.151. The third-order valence-corrected chi connectivity index (χ3v) is 8.27. The van der Waals surface area contributed by atoms with E-state index in [4.69, 9.17) is 9.47 Å². The van der Waals surface area contributed by atoms with Crippen LogP contribution in [-0.2, 0) is 11.2 Å². The Bertz CT molecular complexity index is 2190. The van der Waals surface area contributed by atoms with E-state index >= 15 is 0 Å². The molecule has 0 aliphatic carbocycles. The second kappa shape index (κ2) is 12.6. The van der Waals surface area contributed by atoms with E-state index < -0.39 is 0 Å². The van der Waals surface area contributed by atoms with Gasteiger partial charge in [-0.2, -0.15) is 0 Å². The number of esters is 1. The van der Waals surface area contributed by atoms with Crippen molar-refractivity contribution in [1.29, 1.82) is 0 Å². The molecule has 0 spiro atoms. The monoisotopic (exact) mass is 612 g/mol. The van der Waals surface area contributed by atoms with Crippen molar-refractivity contribution in [2.24, 2.45) is 0 Å². The normalized spacial score (nSPS) is 11.5. The molecule has 0 amide bonds. The number of carbonyl (C=O) groups excluding carboxylic acids is 1. The molecule has 7 aromatic carbocycles. The van der Waals surface area contributed by atoms with Gasteiger partial charge in [0.1, 0.15) is 17.1 Å². The predicted octanol–water partition coefficient (Wildman–Crippen LogP) is 11.3. The van der Waals surface area contributed by atoms with Crippen molar-refractivity contribution in [2.45, 2.75) is 32.8 Å². The van der Waals surface area contributed by atoms with Crippen LogP contribution < -0.4 is 9.47 Å². The van der Waals surface area contributed by atoms with Crippen LogP contribution in [0, 0.1) is 0 Å². The Morgan fingerprint density at radius 2 is 1.06 bits per heavy atom. The van der Waals surface area contributed by atoms with Gasteiger partial charge in [-0.15, -0.1) is 0 Å². The maximum atomic E-state index is 13.4. The van der Waals surface area contributed by atoms with Gasteiger partial charge < -0.3 is 9.47 Å². The number of carbonyl (C=O) groups is 1. The van der Waals surface area contributed by atoms with Crippen LogP contribution in [0.25, 0.3) is 54.9 Å². The fourth-order valence-electron chi connectivity index (χ4n) is 6.41. The lowest BCUT2D eigenvalue weighted by atomic mass is 9.83. The zero-order chi connectivity index (χ0) is 32.4. The van der Waals surface area contributed by atoms with Crippen LogP contribution in [0.4, 0.5) is 0 Å². The summed E-state index contributed by atoms with van der Waals surface area (Å²) in [4.78, 5) is 13.4. The number of fused-ring (bicyclic) bond motifs is 2. The summed E-state index contributed by atoms with van der Waals surface area (Å²) in [6.45, 7) is 6.04. The number of hydrogen-bond acceptors (Lipinski definition) is 3. The van der Waals surface area contributed by atoms with Crippen molar-refractivity contribution in [1.82, 2.24) is 0 Å². The van der Waals surface area contributed by atoms with Gasteiger partial charge in [-0.05, 0) is 93.9 Å².